The van der Waals surface area contributed by atoms with E-state index in [1.54, 1.807) is 13.8 Å². The highest BCUT2D eigenvalue weighted by Gasteiger charge is 2.38. The van der Waals surface area contributed by atoms with E-state index in [1.165, 1.54) is 24.3 Å². The molecule has 1 aromatic heterocycles. The Labute approximate surface area is 156 Å². The molecule has 0 saturated carbocycles. The minimum absolute atomic E-state index is 0.109. The van der Waals surface area contributed by atoms with E-state index in [0.29, 0.717) is 19.4 Å². The number of hydrogen-bond acceptors (Lipinski definition) is 5. The SMILES string of the molecule is COC(=O)C(NC(=O)C1CCCN(c2ncccc2C(F)(F)F)C1)C(C)C. The van der Waals surface area contributed by atoms with E-state index in [1.807, 2.05) is 0 Å². The molecule has 1 aliphatic rings. The van der Waals surface area contributed by atoms with Crippen molar-refractivity contribution in [3.05, 3.63) is 23.9 Å². The van der Waals surface area contributed by atoms with Gasteiger partial charge in [-0.15, -0.1) is 0 Å². The zero-order valence-electron chi connectivity index (χ0n) is 15.5. The number of anilines is 1. The smallest absolute Gasteiger partial charge is 0.419 e. The number of alkyl halides is 3. The first-order chi connectivity index (χ1) is 12.6. The highest BCUT2D eigenvalue weighted by molar-refractivity contribution is 5.86. The Morgan fingerprint density at radius 3 is 2.67 bits per heavy atom. The molecule has 2 atom stereocenters. The number of nitrogens with zero attached hydrogens (tertiary/aromatic N) is 2. The fraction of sp³-hybridized carbons (Fsp3) is 0.611. The van der Waals surface area contributed by atoms with Crippen molar-refractivity contribution in [1.82, 2.24) is 10.3 Å². The lowest BCUT2D eigenvalue weighted by atomic mass is 9.95. The first-order valence-corrected chi connectivity index (χ1v) is 8.80. The van der Waals surface area contributed by atoms with Crippen LogP contribution in [0.1, 0.15) is 32.3 Å². The highest BCUT2D eigenvalue weighted by atomic mass is 19.4. The summed E-state index contributed by atoms with van der Waals surface area (Å²) in [5.74, 6) is -1.79. The number of ether oxygens (including phenoxy) is 1. The van der Waals surface area contributed by atoms with Crippen LogP contribution in [0.2, 0.25) is 0 Å². The monoisotopic (exact) mass is 387 g/mol. The zero-order chi connectivity index (χ0) is 20.2. The predicted molar refractivity (Wildman–Crippen MR) is 93.0 cm³/mol. The first-order valence-electron chi connectivity index (χ1n) is 8.80. The molecule has 150 valence electrons. The van der Waals surface area contributed by atoms with Crippen LogP contribution in [0.5, 0.6) is 0 Å². The maximum atomic E-state index is 13.3. The number of piperidine rings is 1. The van der Waals surface area contributed by atoms with Crippen LogP contribution in [-0.4, -0.2) is 43.1 Å². The van der Waals surface area contributed by atoms with E-state index in [-0.39, 0.29) is 24.2 Å². The van der Waals surface area contributed by atoms with Crippen molar-refractivity contribution in [3.63, 3.8) is 0 Å². The van der Waals surface area contributed by atoms with E-state index in [4.69, 9.17) is 4.74 Å². The van der Waals surface area contributed by atoms with Gasteiger partial charge in [0.05, 0.1) is 18.6 Å². The van der Waals surface area contributed by atoms with Gasteiger partial charge in [0.2, 0.25) is 5.91 Å². The fourth-order valence-electron chi connectivity index (χ4n) is 3.15. The normalized spacial score (nSPS) is 18.9. The number of aromatic nitrogens is 1. The number of amides is 1. The molecular formula is C18H24F3N3O3. The molecule has 0 radical (unpaired) electrons. The molecule has 0 aliphatic carbocycles. The molecule has 2 unspecified atom stereocenters. The quantitative estimate of drug-likeness (QED) is 0.787. The van der Waals surface area contributed by atoms with Crippen molar-refractivity contribution in [2.45, 2.75) is 38.9 Å². The lowest BCUT2D eigenvalue weighted by molar-refractivity contribution is -0.147. The molecule has 1 aromatic rings. The molecule has 9 heteroatoms. The van der Waals surface area contributed by atoms with Crippen LogP contribution >= 0.6 is 0 Å². The van der Waals surface area contributed by atoms with Gasteiger partial charge in [-0.05, 0) is 30.9 Å². The van der Waals surface area contributed by atoms with Gasteiger partial charge in [-0.25, -0.2) is 9.78 Å². The summed E-state index contributed by atoms with van der Waals surface area (Å²) in [6.45, 7) is 4.05. The largest absolute Gasteiger partial charge is 0.467 e. The van der Waals surface area contributed by atoms with E-state index in [9.17, 15) is 22.8 Å². The summed E-state index contributed by atoms with van der Waals surface area (Å²) < 4.78 is 44.5. The minimum Gasteiger partial charge on any atom is -0.467 e. The molecule has 1 amide bonds. The summed E-state index contributed by atoms with van der Waals surface area (Å²) in [5, 5.41) is 2.67. The summed E-state index contributed by atoms with van der Waals surface area (Å²) in [6.07, 6.45) is -2.13. The standard InChI is InChI=1S/C18H24F3N3O3/c1-11(2)14(17(26)27-3)23-16(25)12-6-5-9-24(10-12)15-13(18(19,20)21)7-4-8-22-15/h4,7-8,11-12,14H,5-6,9-10H2,1-3H3,(H,23,25). The molecule has 2 heterocycles. The van der Waals surface area contributed by atoms with E-state index in [2.05, 4.69) is 10.3 Å². The number of carbonyl (C=O) groups excluding carboxylic acids is 2. The van der Waals surface area contributed by atoms with Gasteiger partial charge >= 0.3 is 12.1 Å². The van der Waals surface area contributed by atoms with Crippen molar-refractivity contribution in [2.24, 2.45) is 11.8 Å². The Kier molecular flexibility index (Phi) is 6.67. The number of esters is 1. The van der Waals surface area contributed by atoms with E-state index in [0.717, 1.165) is 6.07 Å². The maximum absolute atomic E-state index is 13.3. The van der Waals surface area contributed by atoms with Crippen LogP contribution in [0.15, 0.2) is 18.3 Å². The average molecular weight is 387 g/mol. The van der Waals surface area contributed by atoms with Crippen LogP contribution in [0.3, 0.4) is 0 Å². The van der Waals surface area contributed by atoms with Crippen molar-refractivity contribution in [1.29, 1.82) is 0 Å². The van der Waals surface area contributed by atoms with Crippen LogP contribution in [0.25, 0.3) is 0 Å². The second kappa shape index (κ2) is 8.58. The van der Waals surface area contributed by atoms with E-state index < -0.39 is 29.7 Å². The number of carbonyl (C=O) groups is 2. The third-order valence-corrected chi connectivity index (χ3v) is 4.60. The number of nitrogens with one attached hydrogen (secondary N) is 1. The van der Waals surface area contributed by atoms with Crippen LogP contribution in [-0.2, 0) is 20.5 Å². The Bertz CT molecular complexity index is 679. The van der Waals surface area contributed by atoms with Crippen molar-refractivity contribution >= 4 is 17.7 Å². The number of pyridine rings is 1. The van der Waals surface area contributed by atoms with Crippen molar-refractivity contribution in [3.8, 4) is 0 Å². The first kappa shape index (κ1) is 21.0. The second-order valence-electron chi connectivity index (χ2n) is 6.91. The number of methoxy groups -OCH3 is 1. The summed E-state index contributed by atoms with van der Waals surface area (Å²) in [7, 11) is 1.24. The molecule has 1 saturated heterocycles. The zero-order valence-corrected chi connectivity index (χ0v) is 15.5. The Balaban J connectivity index is 2.15. The third-order valence-electron chi connectivity index (χ3n) is 4.60. The topological polar surface area (TPSA) is 71.5 Å². The van der Waals surface area contributed by atoms with Gasteiger partial charge in [0.1, 0.15) is 11.9 Å². The predicted octanol–water partition coefficient (Wildman–Crippen LogP) is 2.63. The number of hydrogen-bond donors (Lipinski definition) is 1. The van der Waals surface area contributed by atoms with Gasteiger partial charge in [-0.3, -0.25) is 4.79 Å². The molecule has 0 bridgehead atoms. The van der Waals surface area contributed by atoms with Crippen LogP contribution in [0, 0.1) is 11.8 Å². The molecule has 6 nitrogen and oxygen atoms in total. The van der Waals surface area contributed by atoms with Crippen molar-refractivity contribution in [2.75, 3.05) is 25.1 Å². The lowest BCUT2D eigenvalue weighted by Gasteiger charge is -2.34. The molecule has 0 aromatic carbocycles. The lowest BCUT2D eigenvalue weighted by Crippen LogP contribution is -2.50. The van der Waals surface area contributed by atoms with Gasteiger partial charge in [0.15, 0.2) is 0 Å². The summed E-state index contributed by atoms with van der Waals surface area (Å²) in [6, 6.07) is 1.43. The average Bonchev–Trinajstić information content (AvgIpc) is 2.64. The maximum Gasteiger partial charge on any atom is 0.419 e. The Morgan fingerprint density at radius 1 is 1.37 bits per heavy atom. The fourth-order valence-corrected chi connectivity index (χ4v) is 3.15. The van der Waals surface area contributed by atoms with Gasteiger partial charge in [0, 0.05) is 19.3 Å². The van der Waals surface area contributed by atoms with Gasteiger partial charge in [-0.1, -0.05) is 13.8 Å². The molecule has 0 spiro atoms. The molecule has 27 heavy (non-hydrogen) atoms. The molecular weight excluding hydrogens is 363 g/mol. The minimum atomic E-state index is -4.52. The van der Waals surface area contributed by atoms with Crippen LogP contribution in [0.4, 0.5) is 19.0 Å². The molecule has 1 N–H and O–H groups in total. The summed E-state index contributed by atoms with van der Waals surface area (Å²) in [4.78, 5) is 29.8. The van der Waals surface area contributed by atoms with Crippen LogP contribution < -0.4 is 10.2 Å². The van der Waals surface area contributed by atoms with Gasteiger partial charge in [0.25, 0.3) is 0 Å². The van der Waals surface area contributed by atoms with Gasteiger partial charge in [-0.2, -0.15) is 13.2 Å². The summed E-state index contributed by atoms with van der Waals surface area (Å²) in [5.41, 5.74) is -0.819. The van der Waals surface area contributed by atoms with Crippen molar-refractivity contribution < 1.29 is 27.5 Å². The molecule has 1 fully saturated rings. The molecule has 1 aliphatic heterocycles. The Morgan fingerprint density at radius 2 is 2.07 bits per heavy atom. The number of halogens is 3. The van der Waals surface area contributed by atoms with Gasteiger partial charge < -0.3 is 15.0 Å². The Hall–Kier alpha value is -2.32. The number of rotatable bonds is 5. The second-order valence-corrected chi connectivity index (χ2v) is 6.91. The summed E-state index contributed by atoms with van der Waals surface area (Å²) >= 11 is 0. The highest BCUT2D eigenvalue weighted by Crippen LogP contribution is 2.36. The third kappa shape index (κ3) is 5.11. The van der Waals surface area contributed by atoms with E-state index >= 15 is 0 Å². The molecule has 2 rings (SSSR count).